The number of benzene rings is 1. The first-order valence-corrected chi connectivity index (χ1v) is 4.65. The Balaban J connectivity index is 2.63. The van der Waals surface area contributed by atoms with Gasteiger partial charge in [0.2, 0.25) is 0 Å². The van der Waals surface area contributed by atoms with Gasteiger partial charge in [0.25, 0.3) is 0 Å². The van der Waals surface area contributed by atoms with Crippen molar-refractivity contribution < 1.29 is 0 Å². The smallest absolute Gasteiger partial charge is 0.00399 e. The lowest BCUT2D eigenvalue weighted by atomic mass is 10.00. The van der Waals surface area contributed by atoms with Crippen molar-refractivity contribution >= 4 is 0 Å². The Bertz CT molecular complexity index is 289. The summed E-state index contributed by atoms with van der Waals surface area (Å²) in [6.45, 7) is 6.83. The monoisotopic (exact) mass is 175 g/mol. The van der Waals surface area contributed by atoms with Crippen LogP contribution >= 0.6 is 0 Å². The molecule has 0 saturated heterocycles. The van der Waals surface area contributed by atoms with E-state index in [1.54, 1.807) is 0 Å². The van der Waals surface area contributed by atoms with Gasteiger partial charge in [-0.2, -0.15) is 0 Å². The first-order valence-electron chi connectivity index (χ1n) is 4.65. The van der Waals surface area contributed by atoms with Crippen LogP contribution in [-0.4, -0.2) is 6.54 Å². The maximum atomic E-state index is 5.46. The van der Waals surface area contributed by atoms with Gasteiger partial charge in [-0.25, -0.2) is 0 Å². The normalized spacial score (nSPS) is 10.0. The second kappa shape index (κ2) is 4.83. The van der Waals surface area contributed by atoms with Crippen molar-refractivity contribution in [2.45, 2.75) is 19.8 Å². The topological polar surface area (TPSA) is 26.0 Å². The van der Waals surface area contributed by atoms with Gasteiger partial charge in [0.05, 0.1) is 0 Å². The molecule has 2 N–H and O–H groups in total. The Labute approximate surface area is 80.3 Å². The van der Waals surface area contributed by atoms with E-state index in [9.17, 15) is 0 Å². The summed E-state index contributed by atoms with van der Waals surface area (Å²) in [6.07, 6.45) is 1.89. The molecule has 1 rings (SSSR count). The van der Waals surface area contributed by atoms with Crippen molar-refractivity contribution in [2.75, 3.05) is 6.54 Å². The lowest BCUT2D eigenvalue weighted by Gasteiger charge is -2.06. The average Bonchev–Trinajstić information content (AvgIpc) is 2.09. The highest BCUT2D eigenvalue weighted by molar-refractivity contribution is 5.29. The third-order valence-electron chi connectivity index (χ3n) is 2.20. The van der Waals surface area contributed by atoms with Gasteiger partial charge in [-0.15, -0.1) is 0 Å². The summed E-state index contributed by atoms with van der Waals surface area (Å²) in [5.74, 6) is 0. The average molecular weight is 175 g/mol. The number of hydrogen-bond donors (Lipinski definition) is 1. The molecule has 1 nitrogen and oxygen atoms in total. The van der Waals surface area contributed by atoms with E-state index >= 15 is 0 Å². The van der Waals surface area contributed by atoms with Crippen LogP contribution in [0, 0.1) is 6.92 Å². The molecule has 0 fully saturated rings. The Hall–Kier alpha value is -1.08. The summed E-state index contributed by atoms with van der Waals surface area (Å²) in [5, 5.41) is 0. The van der Waals surface area contributed by atoms with Gasteiger partial charge in [0.15, 0.2) is 0 Å². The standard InChI is InChI=1S/C12H17N/c1-10(7-8-13)9-12-6-4-3-5-11(12)2/h3-6H,1,7-9,13H2,2H3. The molecule has 0 saturated carbocycles. The Kier molecular flexibility index (Phi) is 3.71. The fraction of sp³-hybridized carbons (Fsp3) is 0.333. The molecule has 13 heavy (non-hydrogen) atoms. The first-order chi connectivity index (χ1) is 6.24. The fourth-order valence-corrected chi connectivity index (χ4v) is 1.37. The van der Waals surface area contributed by atoms with Gasteiger partial charge in [-0.05, 0) is 37.4 Å². The lowest BCUT2D eigenvalue weighted by molar-refractivity contribution is 0.910. The summed E-state index contributed by atoms with van der Waals surface area (Å²) in [5.41, 5.74) is 9.38. The number of aryl methyl sites for hydroxylation is 1. The number of rotatable bonds is 4. The third-order valence-corrected chi connectivity index (χ3v) is 2.20. The summed E-state index contributed by atoms with van der Waals surface area (Å²) in [4.78, 5) is 0. The quantitative estimate of drug-likeness (QED) is 0.699. The second-order valence-corrected chi connectivity index (χ2v) is 3.39. The van der Waals surface area contributed by atoms with Crippen LogP contribution in [0.1, 0.15) is 17.5 Å². The zero-order valence-electron chi connectivity index (χ0n) is 8.22. The van der Waals surface area contributed by atoms with Crippen LogP contribution in [0.5, 0.6) is 0 Å². The highest BCUT2D eigenvalue weighted by Gasteiger charge is 1.98. The predicted molar refractivity (Wildman–Crippen MR) is 57.7 cm³/mol. The van der Waals surface area contributed by atoms with E-state index in [1.807, 2.05) is 0 Å². The molecule has 0 unspecified atom stereocenters. The zero-order chi connectivity index (χ0) is 9.68. The van der Waals surface area contributed by atoms with Crippen molar-refractivity contribution in [2.24, 2.45) is 5.73 Å². The molecular weight excluding hydrogens is 158 g/mol. The molecule has 0 radical (unpaired) electrons. The first kappa shape index (κ1) is 10.0. The van der Waals surface area contributed by atoms with Crippen LogP contribution in [0.4, 0.5) is 0 Å². The van der Waals surface area contributed by atoms with Crippen LogP contribution in [-0.2, 0) is 6.42 Å². The summed E-state index contributed by atoms with van der Waals surface area (Å²) in [6, 6.07) is 8.41. The van der Waals surface area contributed by atoms with Gasteiger partial charge < -0.3 is 5.73 Å². The molecule has 0 aliphatic carbocycles. The molecule has 0 atom stereocenters. The van der Waals surface area contributed by atoms with E-state index in [0.29, 0.717) is 6.54 Å². The van der Waals surface area contributed by atoms with Crippen molar-refractivity contribution in [1.82, 2.24) is 0 Å². The maximum Gasteiger partial charge on any atom is -0.00399 e. The van der Waals surface area contributed by atoms with Crippen molar-refractivity contribution in [3.63, 3.8) is 0 Å². The zero-order valence-corrected chi connectivity index (χ0v) is 8.22. The minimum atomic E-state index is 0.699. The van der Waals surface area contributed by atoms with Crippen molar-refractivity contribution in [3.8, 4) is 0 Å². The van der Waals surface area contributed by atoms with Crippen LogP contribution in [0.3, 0.4) is 0 Å². The molecule has 0 amide bonds. The predicted octanol–water partition coefficient (Wildman–Crippen LogP) is 2.44. The van der Waals surface area contributed by atoms with Gasteiger partial charge in [-0.1, -0.05) is 36.4 Å². The van der Waals surface area contributed by atoms with Crippen LogP contribution < -0.4 is 5.73 Å². The molecule has 1 aromatic carbocycles. The molecular formula is C12H17N. The molecule has 1 heteroatoms. The molecule has 1 aromatic rings. The van der Waals surface area contributed by atoms with E-state index < -0.39 is 0 Å². The molecule has 0 aromatic heterocycles. The Morgan fingerprint density at radius 3 is 2.69 bits per heavy atom. The summed E-state index contributed by atoms with van der Waals surface area (Å²) < 4.78 is 0. The van der Waals surface area contributed by atoms with E-state index in [4.69, 9.17) is 5.73 Å². The van der Waals surface area contributed by atoms with E-state index in [1.165, 1.54) is 16.7 Å². The minimum Gasteiger partial charge on any atom is -0.330 e. The Morgan fingerprint density at radius 1 is 1.38 bits per heavy atom. The Morgan fingerprint density at radius 2 is 2.08 bits per heavy atom. The van der Waals surface area contributed by atoms with Gasteiger partial charge >= 0.3 is 0 Å². The lowest BCUT2D eigenvalue weighted by Crippen LogP contribution is -2.02. The molecule has 0 heterocycles. The summed E-state index contributed by atoms with van der Waals surface area (Å²) in [7, 11) is 0. The van der Waals surface area contributed by atoms with Crippen LogP contribution in [0.15, 0.2) is 36.4 Å². The summed E-state index contributed by atoms with van der Waals surface area (Å²) >= 11 is 0. The molecule has 0 bridgehead atoms. The third kappa shape index (κ3) is 3.03. The maximum absolute atomic E-state index is 5.46. The highest BCUT2D eigenvalue weighted by atomic mass is 14.5. The molecule has 0 aliphatic heterocycles. The molecule has 70 valence electrons. The number of hydrogen-bond acceptors (Lipinski definition) is 1. The van der Waals surface area contributed by atoms with Crippen LogP contribution in [0.2, 0.25) is 0 Å². The van der Waals surface area contributed by atoms with Gasteiger partial charge in [-0.3, -0.25) is 0 Å². The largest absolute Gasteiger partial charge is 0.330 e. The van der Waals surface area contributed by atoms with E-state index in [0.717, 1.165) is 12.8 Å². The molecule has 0 spiro atoms. The van der Waals surface area contributed by atoms with Crippen LogP contribution in [0.25, 0.3) is 0 Å². The number of nitrogens with two attached hydrogens (primary N) is 1. The van der Waals surface area contributed by atoms with Crippen molar-refractivity contribution in [1.29, 1.82) is 0 Å². The SMILES string of the molecule is C=C(CCN)Cc1ccccc1C. The highest BCUT2D eigenvalue weighted by Crippen LogP contribution is 2.12. The van der Waals surface area contributed by atoms with Crippen molar-refractivity contribution in [3.05, 3.63) is 47.5 Å². The van der Waals surface area contributed by atoms with E-state index in [2.05, 4.69) is 37.8 Å². The van der Waals surface area contributed by atoms with Gasteiger partial charge in [0, 0.05) is 0 Å². The second-order valence-electron chi connectivity index (χ2n) is 3.39. The fourth-order valence-electron chi connectivity index (χ4n) is 1.37. The minimum absolute atomic E-state index is 0.699. The van der Waals surface area contributed by atoms with Gasteiger partial charge in [0.1, 0.15) is 0 Å². The molecule has 0 aliphatic rings. The van der Waals surface area contributed by atoms with E-state index in [-0.39, 0.29) is 0 Å².